The van der Waals surface area contributed by atoms with Crippen LogP contribution in [-0.2, 0) is 4.79 Å². The molecule has 4 nitrogen and oxygen atoms in total. The van der Waals surface area contributed by atoms with Crippen LogP contribution >= 0.6 is 0 Å². The molecule has 5 heteroatoms. The molecular formula is C14H21FN2O2. The van der Waals surface area contributed by atoms with Gasteiger partial charge in [-0.15, -0.1) is 0 Å². The number of likely N-dealkylation sites (N-methyl/N-ethyl adjacent to an activating group) is 1. The minimum Gasteiger partial charge on any atom is -0.483 e. The normalized spacial score (nSPS) is 12.0. The third kappa shape index (κ3) is 4.87. The largest absolute Gasteiger partial charge is 0.483 e. The summed E-state index contributed by atoms with van der Waals surface area (Å²) in [5, 5.41) is 5.84. The highest BCUT2D eigenvalue weighted by atomic mass is 19.1. The lowest BCUT2D eigenvalue weighted by atomic mass is 10.1. The number of benzene rings is 1. The van der Waals surface area contributed by atoms with Gasteiger partial charge in [-0.05, 0) is 38.6 Å². The summed E-state index contributed by atoms with van der Waals surface area (Å²) >= 11 is 0. The Bertz CT molecular complexity index is 424. The molecule has 0 spiro atoms. The van der Waals surface area contributed by atoms with Crippen LogP contribution in [0.3, 0.4) is 0 Å². The van der Waals surface area contributed by atoms with Crippen molar-refractivity contribution in [2.24, 2.45) is 0 Å². The molecule has 2 N–H and O–H groups in total. The van der Waals surface area contributed by atoms with Crippen LogP contribution in [0.5, 0.6) is 5.75 Å². The first-order valence-electron chi connectivity index (χ1n) is 6.50. The highest BCUT2D eigenvalue weighted by Gasteiger charge is 2.13. The Morgan fingerprint density at radius 3 is 2.74 bits per heavy atom. The predicted octanol–water partition coefficient (Wildman–Crippen LogP) is 2.01. The molecule has 1 rings (SSSR count). The van der Waals surface area contributed by atoms with Crippen LogP contribution in [0, 0.1) is 5.82 Å². The van der Waals surface area contributed by atoms with Crippen LogP contribution < -0.4 is 15.4 Å². The van der Waals surface area contributed by atoms with Crippen molar-refractivity contribution in [3.63, 3.8) is 0 Å². The van der Waals surface area contributed by atoms with E-state index in [1.807, 2.05) is 20.8 Å². The number of rotatable bonds is 7. The number of hydrogen-bond acceptors (Lipinski definition) is 3. The molecule has 0 aliphatic carbocycles. The summed E-state index contributed by atoms with van der Waals surface area (Å²) in [7, 11) is 0. The predicted molar refractivity (Wildman–Crippen MR) is 72.7 cm³/mol. The molecule has 0 aliphatic heterocycles. The maximum absolute atomic E-state index is 13.3. The van der Waals surface area contributed by atoms with Crippen LogP contribution in [0.1, 0.15) is 32.4 Å². The Morgan fingerprint density at radius 2 is 2.11 bits per heavy atom. The molecule has 0 saturated carbocycles. The fraction of sp³-hybridized carbons (Fsp3) is 0.500. The Morgan fingerprint density at radius 1 is 1.37 bits per heavy atom. The van der Waals surface area contributed by atoms with E-state index in [-0.39, 0.29) is 24.4 Å². The minimum atomic E-state index is -0.315. The van der Waals surface area contributed by atoms with E-state index >= 15 is 0 Å². The van der Waals surface area contributed by atoms with Gasteiger partial charge in [-0.1, -0.05) is 6.92 Å². The molecule has 106 valence electrons. The zero-order valence-corrected chi connectivity index (χ0v) is 11.6. The third-order valence-electron chi connectivity index (χ3n) is 2.68. The number of carbonyl (C=O) groups excluding carboxylic acids is 1. The number of halogens is 1. The zero-order valence-electron chi connectivity index (χ0n) is 11.6. The fourth-order valence-corrected chi connectivity index (χ4v) is 1.80. The van der Waals surface area contributed by atoms with Crippen molar-refractivity contribution in [2.45, 2.75) is 26.8 Å². The maximum atomic E-state index is 13.3. The first-order valence-corrected chi connectivity index (χ1v) is 6.50. The number of carbonyl (C=O) groups is 1. The molecule has 0 saturated heterocycles. The highest BCUT2D eigenvalue weighted by Crippen LogP contribution is 2.26. The van der Waals surface area contributed by atoms with Gasteiger partial charge in [0.15, 0.2) is 6.61 Å². The average molecular weight is 268 g/mol. The lowest BCUT2D eigenvalue weighted by Crippen LogP contribution is -2.29. The Kier molecular flexibility index (Phi) is 6.29. The van der Waals surface area contributed by atoms with Gasteiger partial charge < -0.3 is 15.4 Å². The van der Waals surface area contributed by atoms with Crippen molar-refractivity contribution >= 4 is 5.91 Å². The first-order chi connectivity index (χ1) is 9.08. The van der Waals surface area contributed by atoms with E-state index in [1.54, 1.807) is 6.07 Å². The molecule has 0 heterocycles. The van der Waals surface area contributed by atoms with Gasteiger partial charge in [0.2, 0.25) is 0 Å². The Labute approximate surface area is 113 Å². The van der Waals surface area contributed by atoms with Gasteiger partial charge in [-0.3, -0.25) is 4.79 Å². The summed E-state index contributed by atoms with van der Waals surface area (Å²) in [6.45, 7) is 7.02. The van der Waals surface area contributed by atoms with E-state index in [4.69, 9.17) is 4.74 Å². The van der Waals surface area contributed by atoms with Crippen LogP contribution in [-0.4, -0.2) is 25.6 Å². The molecule has 0 bridgehead atoms. The van der Waals surface area contributed by atoms with Gasteiger partial charge in [0.1, 0.15) is 11.6 Å². The molecule has 1 unspecified atom stereocenters. The molecular weight excluding hydrogens is 247 g/mol. The van der Waals surface area contributed by atoms with Crippen LogP contribution in [0.4, 0.5) is 4.39 Å². The molecule has 1 aromatic carbocycles. The molecule has 0 radical (unpaired) electrons. The molecule has 1 atom stereocenters. The summed E-state index contributed by atoms with van der Waals surface area (Å²) in [4.78, 5) is 11.4. The molecule has 19 heavy (non-hydrogen) atoms. The van der Waals surface area contributed by atoms with Crippen LogP contribution in [0.25, 0.3) is 0 Å². The quantitative estimate of drug-likeness (QED) is 0.795. The Balaban J connectivity index is 2.78. The lowest BCUT2D eigenvalue weighted by molar-refractivity contribution is -0.123. The molecule has 1 amide bonds. The number of hydrogen-bond donors (Lipinski definition) is 2. The van der Waals surface area contributed by atoms with Crippen LogP contribution in [0.15, 0.2) is 18.2 Å². The smallest absolute Gasteiger partial charge is 0.257 e. The standard InChI is InChI=1S/C14H21FN2O2/c1-4-16-10(3)12-8-11(15)6-7-13(12)19-9-14(18)17-5-2/h6-8,10,16H,4-5,9H2,1-3H3,(H,17,18). The molecule has 0 aromatic heterocycles. The SMILES string of the molecule is CCNC(=O)COc1ccc(F)cc1C(C)NCC. The van der Waals surface area contributed by atoms with Gasteiger partial charge >= 0.3 is 0 Å². The number of nitrogens with one attached hydrogen (secondary N) is 2. The van der Waals surface area contributed by atoms with Crippen molar-refractivity contribution in [1.29, 1.82) is 0 Å². The maximum Gasteiger partial charge on any atom is 0.257 e. The monoisotopic (exact) mass is 268 g/mol. The van der Waals surface area contributed by atoms with E-state index < -0.39 is 0 Å². The second-order valence-electron chi connectivity index (χ2n) is 4.20. The summed E-state index contributed by atoms with van der Waals surface area (Å²) < 4.78 is 18.8. The van der Waals surface area contributed by atoms with Crippen molar-refractivity contribution in [2.75, 3.05) is 19.7 Å². The van der Waals surface area contributed by atoms with Gasteiger partial charge in [-0.25, -0.2) is 4.39 Å². The average Bonchev–Trinajstić information content (AvgIpc) is 2.38. The topological polar surface area (TPSA) is 50.4 Å². The molecule has 0 aliphatic rings. The third-order valence-corrected chi connectivity index (χ3v) is 2.68. The molecule has 1 aromatic rings. The van der Waals surface area contributed by atoms with Crippen molar-refractivity contribution < 1.29 is 13.9 Å². The second kappa shape index (κ2) is 7.74. The van der Waals surface area contributed by atoms with Gasteiger partial charge in [0.05, 0.1) is 0 Å². The lowest BCUT2D eigenvalue weighted by Gasteiger charge is -2.17. The minimum absolute atomic E-state index is 0.0371. The second-order valence-corrected chi connectivity index (χ2v) is 4.20. The summed E-state index contributed by atoms with van der Waals surface area (Å²) in [5.41, 5.74) is 0.714. The fourth-order valence-electron chi connectivity index (χ4n) is 1.80. The van der Waals surface area contributed by atoms with Crippen molar-refractivity contribution in [3.05, 3.63) is 29.6 Å². The Hall–Kier alpha value is -1.62. The van der Waals surface area contributed by atoms with Gasteiger partial charge in [-0.2, -0.15) is 0 Å². The van der Waals surface area contributed by atoms with Crippen molar-refractivity contribution in [3.8, 4) is 5.75 Å². The summed E-state index contributed by atoms with van der Waals surface area (Å²) in [6, 6.07) is 4.28. The zero-order chi connectivity index (χ0) is 14.3. The van der Waals surface area contributed by atoms with E-state index in [0.29, 0.717) is 17.9 Å². The highest BCUT2D eigenvalue weighted by molar-refractivity contribution is 5.77. The van der Waals surface area contributed by atoms with Crippen molar-refractivity contribution in [1.82, 2.24) is 10.6 Å². The van der Waals surface area contributed by atoms with E-state index in [9.17, 15) is 9.18 Å². The van der Waals surface area contributed by atoms with Gasteiger partial charge in [0.25, 0.3) is 5.91 Å². The van der Waals surface area contributed by atoms with E-state index in [1.165, 1.54) is 12.1 Å². The van der Waals surface area contributed by atoms with E-state index in [0.717, 1.165) is 6.54 Å². The number of ether oxygens (including phenoxy) is 1. The molecule has 0 fully saturated rings. The summed E-state index contributed by atoms with van der Waals surface area (Å²) in [5.74, 6) is 0.0279. The van der Waals surface area contributed by atoms with Crippen LogP contribution in [0.2, 0.25) is 0 Å². The first kappa shape index (κ1) is 15.4. The number of amides is 1. The van der Waals surface area contributed by atoms with Gasteiger partial charge in [0, 0.05) is 18.2 Å². The van der Waals surface area contributed by atoms with E-state index in [2.05, 4.69) is 10.6 Å². The summed E-state index contributed by atoms with van der Waals surface area (Å²) in [6.07, 6.45) is 0.